The lowest BCUT2D eigenvalue weighted by atomic mass is 10.3. The Morgan fingerprint density at radius 2 is 2.21 bits per heavy atom. The van der Waals surface area contributed by atoms with Crippen molar-refractivity contribution in [2.45, 2.75) is 46.0 Å². The van der Waals surface area contributed by atoms with Crippen molar-refractivity contribution in [1.29, 1.82) is 0 Å². The van der Waals surface area contributed by atoms with E-state index in [9.17, 15) is 0 Å². The number of ether oxygens (including phenoxy) is 1. The molecule has 1 aliphatic rings. The van der Waals surface area contributed by atoms with Crippen LogP contribution in [0.15, 0.2) is 10.4 Å². The first-order chi connectivity index (χ1) is 11.3. The molecule has 0 spiro atoms. The molecule has 0 atom stereocenters. The van der Waals surface area contributed by atoms with Crippen LogP contribution in [0.5, 0.6) is 0 Å². The molecule has 2 N–H and O–H groups in total. The summed E-state index contributed by atoms with van der Waals surface area (Å²) in [5.41, 5.74) is 1.12. The summed E-state index contributed by atoms with van der Waals surface area (Å²) >= 11 is 1.74. The van der Waals surface area contributed by atoms with Crippen LogP contribution in [0, 0.1) is 12.8 Å². The molecule has 0 amide bonds. The number of nitrogens with one attached hydrogen (secondary N) is 2. The van der Waals surface area contributed by atoms with E-state index in [1.54, 1.807) is 11.3 Å². The van der Waals surface area contributed by atoms with Crippen molar-refractivity contribution in [1.82, 2.24) is 15.6 Å². The normalized spacial score (nSPS) is 14.3. The van der Waals surface area contributed by atoms with Crippen LogP contribution < -0.4 is 10.6 Å². The molecule has 24 heavy (non-hydrogen) atoms. The highest BCUT2D eigenvalue weighted by atomic mass is 127. The van der Waals surface area contributed by atoms with Gasteiger partial charge in [-0.1, -0.05) is 0 Å². The molecule has 0 bridgehead atoms. The number of rotatable bonds is 11. The van der Waals surface area contributed by atoms with Gasteiger partial charge in [0.2, 0.25) is 0 Å². The van der Waals surface area contributed by atoms with Crippen LogP contribution in [0.2, 0.25) is 0 Å². The summed E-state index contributed by atoms with van der Waals surface area (Å²) in [7, 11) is 0. The van der Waals surface area contributed by atoms with E-state index < -0.39 is 0 Å². The number of aliphatic imine (C=N–C) groups is 1. The summed E-state index contributed by atoms with van der Waals surface area (Å²) in [6.45, 7) is 8.54. The Labute approximate surface area is 167 Å². The Hall–Kier alpha value is -0.410. The third-order valence-electron chi connectivity index (χ3n) is 3.64. The highest BCUT2D eigenvalue weighted by Gasteiger charge is 2.20. The molecule has 1 heterocycles. The molecule has 1 saturated carbocycles. The lowest BCUT2D eigenvalue weighted by Crippen LogP contribution is -2.38. The molecule has 0 aromatic carbocycles. The molecule has 0 saturated heterocycles. The van der Waals surface area contributed by atoms with Crippen molar-refractivity contribution in [3.8, 4) is 0 Å². The van der Waals surface area contributed by atoms with E-state index in [2.05, 4.69) is 32.9 Å². The Balaban J connectivity index is 0.00000288. The van der Waals surface area contributed by atoms with Crippen molar-refractivity contribution >= 4 is 41.3 Å². The standard InChI is InChI=1S/C17H30N4OS.HI/c1-3-18-17(20-10-5-11-22-12-15-7-8-15)19-9-4-6-16-21-14(2)13-23-16;/h13,15H,3-12H2,1-2H3,(H2,18,19,20);1H. The van der Waals surface area contributed by atoms with E-state index in [4.69, 9.17) is 4.74 Å². The Kier molecular flexibility index (Phi) is 11.6. The zero-order valence-corrected chi connectivity index (χ0v) is 18.0. The molecule has 0 unspecified atom stereocenters. The highest BCUT2D eigenvalue weighted by molar-refractivity contribution is 14.0. The summed E-state index contributed by atoms with van der Waals surface area (Å²) in [6.07, 6.45) is 5.78. The summed E-state index contributed by atoms with van der Waals surface area (Å²) in [5.74, 6) is 1.76. The molecule has 1 aromatic rings. The van der Waals surface area contributed by atoms with Gasteiger partial charge in [0.25, 0.3) is 0 Å². The Bertz CT molecular complexity index is 477. The van der Waals surface area contributed by atoms with Gasteiger partial charge in [-0.2, -0.15) is 0 Å². The number of hydrogen-bond donors (Lipinski definition) is 2. The van der Waals surface area contributed by atoms with Gasteiger partial charge >= 0.3 is 0 Å². The van der Waals surface area contributed by atoms with Crippen LogP contribution >= 0.6 is 35.3 Å². The van der Waals surface area contributed by atoms with Gasteiger partial charge in [-0.3, -0.25) is 4.99 Å². The summed E-state index contributed by atoms with van der Waals surface area (Å²) < 4.78 is 5.64. The Morgan fingerprint density at radius 1 is 1.38 bits per heavy atom. The minimum atomic E-state index is 0. The number of aryl methyl sites for hydroxylation is 2. The molecule has 138 valence electrons. The van der Waals surface area contributed by atoms with Gasteiger partial charge < -0.3 is 15.4 Å². The Morgan fingerprint density at radius 3 is 2.88 bits per heavy atom. The van der Waals surface area contributed by atoms with Crippen LogP contribution in [0.25, 0.3) is 0 Å². The van der Waals surface area contributed by atoms with Gasteiger partial charge in [0.15, 0.2) is 5.96 Å². The quantitative estimate of drug-likeness (QED) is 0.227. The van der Waals surface area contributed by atoms with Crippen LogP contribution in [-0.4, -0.2) is 43.8 Å². The molecule has 2 rings (SSSR count). The number of guanidine groups is 1. The first-order valence-corrected chi connectivity index (χ1v) is 9.67. The largest absolute Gasteiger partial charge is 0.381 e. The predicted octanol–water partition coefficient (Wildman–Crippen LogP) is 3.37. The van der Waals surface area contributed by atoms with Crippen LogP contribution in [0.4, 0.5) is 0 Å². The first kappa shape index (κ1) is 21.6. The second kappa shape index (κ2) is 12.9. The molecular formula is C17H31IN4OS. The highest BCUT2D eigenvalue weighted by Crippen LogP contribution is 2.28. The molecule has 0 aliphatic heterocycles. The third-order valence-corrected chi connectivity index (χ3v) is 4.66. The fourth-order valence-electron chi connectivity index (χ4n) is 2.20. The van der Waals surface area contributed by atoms with Crippen molar-refractivity contribution in [2.24, 2.45) is 10.9 Å². The van der Waals surface area contributed by atoms with Gasteiger partial charge in [0.1, 0.15) is 0 Å². The van der Waals surface area contributed by atoms with Gasteiger partial charge in [0.05, 0.1) is 5.01 Å². The zero-order chi connectivity index (χ0) is 16.3. The van der Waals surface area contributed by atoms with Crippen LogP contribution in [0.3, 0.4) is 0 Å². The molecule has 0 radical (unpaired) electrons. The molecule has 1 aromatic heterocycles. The maximum atomic E-state index is 5.64. The van der Waals surface area contributed by atoms with Gasteiger partial charge in [-0.25, -0.2) is 4.98 Å². The minimum Gasteiger partial charge on any atom is -0.381 e. The molecule has 1 aliphatic carbocycles. The number of aromatic nitrogens is 1. The van der Waals surface area contributed by atoms with E-state index in [-0.39, 0.29) is 24.0 Å². The van der Waals surface area contributed by atoms with Gasteiger partial charge in [-0.15, -0.1) is 35.3 Å². The number of hydrogen-bond acceptors (Lipinski definition) is 4. The average molecular weight is 466 g/mol. The van der Waals surface area contributed by atoms with E-state index in [1.165, 1.54) is 17.8 Å². The van der Waals surface area contributed by atoms with Crippen LogP contribution in [-0.2, 0) is 11.2 Å². The van der Waals surface area contributed by atoms with Gasteiger partial charge in [-0.05, 0) is 45.4 Å². The van der Waals surface area contributed by atoms with Crippen molar-refractivity contribution in [3.05, 3.63) is 16.1 Å². The molecular weight excluding hydrogens is 435 g/mol. The molecule has 7 heteroatoms. The van der Waals surface area contributed by atoms with Crippen LogP contribution in [0.1, 0.15) is 43.3 Å². The lowest BCUT2D eigenvalue weighted by Gasteiger charge is -2.11. The van der Waals surface area contributed by atoms with E-state index >= 15 is 0 Å². The van der Waals surface area contributed by atoms with Gasteiger partial charge in [0, 0.05) is 50.3 Å². The maximum absolute atomic E-state index is 5.64. The number of nitrogens with zero attached hydrogens (tertiary/aromatic N) is 2. The predicted molar refractivity (Wildman–Crippen MR) is 113 cm³/mol. The van der Waals surface area contributed by atoms with E-state index in [0.29, 0.717) is 0 Å². The number of thiazole rings is 1. The van der Waals surface area contributed by atoms with Crippen molar-refractivity contribution in [2.75, 3.05) is 32.8 Å². The molecule has 1 fully saturated rings. The summed E-state index contributed by atoms with van der Waals surface area (Å²) in [5, 5.41) is 9.98. The first-order valence-electron chi connectivity index (χ1n) is 8.79. The monoisotopic (exact) mass is 466 g/mol. The number of halogens is 1. The van der Waals surface area contributed by atoms with Crippen molar-refractivity contribution in [3.63, 3.8) is 0 Å². The second-order valence-corrected chi connectivity index (χ2v) is 6.99. The van der Waals surface area contributed by atoms with E-state index in [1.807, 2.05) is 6.92 Å². The lowest BCUT2D eigenvalue weighted by molar-refractivity contribution is 0.123. The topological polar surface area (TPSA) is 58.5 Å². The minimum absolute atomic E-state index is 0. The fourth-order valence-corrected chi connectivity index (χ4v) is 3.01. The zero-order valence-electron chi connectivity index (χ0n) is 14.8. The maximum Gasteiger partial charge on any atom is 0.191 e. The fraction of sp³-hybridized carbons (Fsp3) is 0.765. The van der Waals surface area contributed by atoms with E-state index in [0.717, 1.165) is 69.7 Å². The average Bonchev–Trinajstić information content (AvgIpc) is 3.27. The van der Waals surface area contributed by atoms with Crippen molar-refractivity contribution < 1.29 is 4.74 Å². The second-order valence-electron chi connectivity index (χ2n) is 6.05. The molecule has 5 nitrogen and oxygen atoms in total. The smallest absolute Gasteiger partial charge is 0.191 e. The summed E-state index contributed by atoms with van der Waals surface area (Å²) in [6, 6.07) is 0. The summed E-state index contributed by atoms with van der Waals surface area (Å²) in [4.78, 5) is 9.11. The SMILES string of the molecule is CCNC(=NCCCc1nc(C)cs1)NCCCOCC1CC1.I. The third kappa shape index (κ3) is 9.78.